The molecule has 1 unspecified atom stereocenters. The van der Waals surface area contributed by atoms with Gasteiger partial charge in [-0.25, -0.2) is 8.42 Å². The van der Waals surface area contributed by atoms with Crippen LogP contribution in [0.1, 0.15) is 20.3 Å². The Morgan fingerprint density at radius 2 is 2.05 bits per heavy atom. The molecule has 0 bridgehead atoms. The lowest BCUT2D eigenvalue weighted by molar-refractivity contribution is -0.119. The first kappa shape index (κ1) is 20.0. The van der Waals surface area contributed by atoms with Gasteiger partial charge in [-0.05, 0) is 13.0 Å². The summed E-state index contributed by atoms with van der Waals surface area (Å²) < 4.78 is 27.7. The van der Waals surface area contributed by atoms with Gasteiger partial charge in [0.1, 0.15) is 11.2 Å². The number of carbonyl (C=O) groups excluding carboxylic acids is 1. The summed E-state index contributed by atoms with van der Waals surface area (Å²) in [4.78, 5) is 10.8. The summed E-state index contributed by atoms with van der Waals surface area (Å²) in [6.45, 7) is 7.17. The lowest BCUT2D eigenvalue weighted by Crippen LogP contribution is -2.34. The molecule has 0 aliphatic heterocycles. The minimum absolute atomic E-state index is 0.157. The Morgan fingerprint density at radius 1 is 1.43 bits per heavy atom. The zero-order chi connectivity index (χ0) is 16.5. The first-order valence-corrected chi connectivity index (χ1v) is 8.94. The van der Waals surface area contributed by atoms with E-state index in [0.717, 1.165) is 11.8 Å². The molecule has 0 radical (unpaired) electrons. The van der Waals surface area contributed by atoms with E-state index in [2.05, 4.69) is 11.9 Å². The van der Waals surface area contributed by atoms with E-state index in [1.54, 1.807) is 6.92 Å². The van der Waals surface area contributed by atoms with Crippen molar-refractivity contribution in [3.8, 4) is 0 Å². The lowest BCUT2D eigenvalue weighted by atomic mass is 10.1. The van der Waals surface area contributed by atoms with Crippen molar-refractivity contribution in [3.05, 3.63) is 35.5 Å². The minimum Gasteiger partial charge on any atom is -0.500 e. The third kappa shape index (κ3) is 9.55. The summed E-state index contributed by atoms with van der Waals surface area (Å²) in [5.41, 5.74) is 0.782. The summed E-state index contributed by atoms with van der Waals surface area (Å²) in [5.74, 6) is -0.0167. The molecule has 0 aromatic rings. The van der Waals surface area contributed by atoms with E-state index < -0.39 is 9.05 Å². The first-order chi connectivity index (χ1) is 9.68. The molecular weight excluding hydrogens is 337 g/mol. The van der Waals surface area contributed by atoms with Crippen LogP contribution >= 0.6 is 22.3 Å². The number of alkyl halides is 1. The number of hydrogen-bond donors (Lipinski definition) is 1. The van der Waals surface area contributed by atoms with Crippen LogP contribution in [0.4, 0.5) is 0 Å². The van der Waals surface area contributed by atoms with Crippen LogP contribution in [0.25, 0.3) is 0 Å². The van der Waals surface area contributed by atoms with Gasteiger partial charge in [0, 0.05) is 29.9 Å². The standard InChI is InChI=1S/C13H19Cl2NO4S/c1-10(2)13(16-11(3)17)6-8-20-9-12(5-4-7-14)21(15,18)19/h4-5,9,13H,1,6-8H2,2-3H3,(H,16,17)/b5-4-,12-9-. The Morgan fingerprint density at radius 3 is 2.48 bits per heavy atom. The summed E-state index contributed by atoms with van der Waals surface area (Å²) in [7, 11) is 1.36. The van der Waals surface area contributed by atoms with Crippen LogP contribution in [0, 0.1) is 0 Å². The summed E-state index contributed by atoms with van der Waals surface area (Å²) >= 11 is 5.44. The van der Waals surface area contributed by atoms with E-state index in [9.17, 15) is 13.2 Å². The third-order valence-corrected chi connectivity index (χ3v) is 3.86. The Kier molecular flexibility index (Phi) is 9.41. The van der Waals surface area contributed by atoms with Crippen LogP contribution in [0.2, 0.25) is 0 Å². The minimum atomic E-state index is -3.90. The number of ether oxygens (including phenoxy) is 1. The number of amides is 1. The third-order valence-electron chi connectivity index (χ3n) is 2.35. The zero-order valence-electron chi connectivity index (χ0n) is 11.9. The van der Waals surface area contributed by atoms with Crippen molar-refractivity contribution in [2.45, 2.75) is 26.3 Å². The van der Waals surface area contributed by atoms with Gasteiger partial charge in [0.2, 0.25) is 5.91 Å². The molecule has 0 spiro atoms. The largest absolute Gasteiger partial charge is 0.500 e. The van der Waals surface area contributed by atoms with Crippen LogP contribution in [-0.4, -0.2) is 32.9 Å². The molecule has 1 amide bonds. The Hall–Kier alpha value is -0.980. The average Bonchev–Trinajstić information content (AvgIpc) is 2.34. The maximum Gasteiger partial charge on any atom is 0.264 e. The second kappa shape index (κ2) is 9.87. The molecule has 0 aromatic carbocycles. The molecule has 5 nitrogen and oxygen atoms in total. The summed E-state index contributed by atoms with van der Waals surface area (Å²) in [5, 5.41) is 2.72. The second-order valence-electron chi connectivity index (χ2n) is 4.27. The van der Waals surface area contributed by atoms with Crippen molar-refractivity contribution < 1.29 is 17.9 Å². The van der Waals surface area contributed by atoms with Crippen molar-refractivity contribution >= 4 is 37.2 Å². The van der Waals surface area contributed by atoms with Crippen LogP contribution in [0.15, 0.2) is 35.5 Å². The fourth-order valence-corrected chi connectivity index (χ4v) is 2.15. The zero-order valence-corrected chi connectivity index (χ0v) is 14.3. The fourth-order valence-electron chi connectivity index (χ4n) is 1.35. The Labute approximate surface area is 135 Å². The highest BCUT2D eigenvalue weighted by molar-refractivity contribution is 8.17. The molecule has 0 rings (SSSR count). The van der Waals surface area contributed by atoms with E-state index in [0.29, 0.717) is 6.42 Å². The molecule has 1 atom stereocenters. The Bertz CT molecular complexity index is 526. The number of rotatable bonds is 9. The number of allylic oxidation sites excluding steroid dienone is 2. The van der Waals surface area contributed by atoms with E-state index in [1.165, 1.54) is 19.1 Å². The highest BCUT2D eigenvalue weighted by atomic mass is 35.7. The molecule has 21 heavy (non-hydrogen) atoms. The van der Waals surface area contributed by atoms with Gasteiger partial charge < -0.3 is 10.1 Å². The van der Waals surface area contributed by atoms with Gasteiger partial charge in [0.05, 0.1) is 12.6 Å². The van der Waals surface area contributed by atoms with Crippen LogP contribution < -0.4 is 5.32 Å². The number of halogens is 2. The van der Waals surface area contributed by atoms with Gasteiger partial charge in [0.15, 0.2) is 0 Å². The number of carbonyl (C=O) groups is 1. The average molecular weight is 356 g/mol. The lowest BCUT2D eigenvalue weighted by Gasteiger charge is -2.17. The molecule has 1 N–H and O–H groups in total. The summed E-state index contributed by atoms with van der Waals surface area (Å²) in [6, 6.07) is -0.231. The van der Waals surface area contributed by atoms with Gasteiger partial charge in [-0.1, -0.05) is 18.2 Å². The molecule has 0 heterocycles. The van der Waals surface area contributed by atoms with E-state index in [1.807, 2.05) is 0 Å². The Balaban J connectivity index is 4.61. The smallest absolute Gasteiger partial charge is 0.264 e. The fraction of sp³-hybridized carbons (Fsp3) is 0.462. The van der Waals surface area contributed by atoms with Crippen molar-refractivity contribution in [2.24, 2.45) is 0 Å². The van der Waals surface area contributed by atoms with Gasteiger partial charge >= 0.3 is 0 Å². The highest BCUT2D eigenvalue weighted by Crippen LogP contribution is 2.14. The monoisotopic (exact) mass is 355 g/mol. The predicted molar refractivity (Wildman–Crippen MR) is 85.7 cm³/mol. The maximum absolute atomic E-state index is 11.3. The quantitative estimate of drug-likeness (QED) is 0.172. The topological polar surface area (TPSA) is 72.5 Å². The molecule has 0 aliphatic carbocycles. The molecular formula is C13H19Cl2NO4S. The second-order valence-corrected chi connectivity index (χ2v) is 7.15. The van der Waals surface area contributed by atoms with Crippen molar-refractivity contribution in [1.29, 1.82) is 0 Å². The van der Waals surface area contributed by atoms with E-state index in [4.69, 9.17) is 27.0 Å². The van der Waals surface area contributed by atoms with Gasteiger partial charge in [-0.3, -0.25) is 4.79 Å². The normalized spacial score (nSPS) is 14.0. The maximum atomic E-state index is 11.3. The SMILES string of the molecule is C=C(C)C(CCO/C=C(/C=C\CCl)S(=O)(=O)Cl)NC(C)=O. The van der Waals surface area contributed by atoms with Gasteiger partial charge in [-0.15, -0.1) is 11.6 Å². The predicted octanol–water partition coefficient (Wildman–Crippen LogP) is 2.68. The van der Waals surface area contributed by atoms with Crippen LogP contribution in [0.3, 0.4) is 0 Å². The molecule has 8 heteroatoms. The first-order valence-electron chi connectivity index (χ1n) is 6.10. The molecule has 0 saturated carbocycles. The molecule has 0 saturated heterocycles. The highest BCUT2D eigenvalue weighted by Gasteiger charge is 2.13. The van der Waals surface area contributed by atoms with Crippen molar-refractivity contribution in [2.75, 3.05) is 12.5 Å². The van der Waals surface area contributed by atoms with Crippen LogP contribution in [-0.2, 0) is 18.6 Å². The van der Waals surface area contributed by atoms with Gasteiger partial charge in [0.25, 0.3) is 9.05 Å². The van der Waals surface area contributed by atoms with E-state index in [-0.39, 0.29) is 29.3 Å². The van der Waals surface area contributed by atoms with E-state index >= 15 is 0 Å². The number of nitrogens with one attached hydrogen (secondary N) is 1. The molecule has 0 aromatic heterocycles. The van der Waals surface area contributed by atoms with Crippen molar-refractivity contribution in [3.63, 3.8) is 0 Å². The molecule has 0 fully saturated rings. The molecule has 120 valence electrons. The number of hydrogen-bond acceptors (Lipinski definition) is 4. The summed E-state index contributed by atoms with van der Waals surface area (Å²) in [6.07, 6.45) is 4.21. The molecule has 0 aliphatic rings. The van der Waals surface area contributed by atoms with Crippen LogP contribution in [0.5, 0.6) is 0 Å². The van der Waals surface area contributed by atoms with Crippen molar-refractivity contribution in [1.82, 2.24) is 5.32 Å². The van der Waals surface area contributed by atoms with Gasteiger partial charge in [-0.2, -0.15) is 0 Å².